The van der Waals surface area contributed by atoms with E-state index in [2.05, 4.69) is 17.4 Å². The highest BCUT2D eigenvalue weighted by Gasteiger charge is 2.39. The van der Waals surface area contributed by atoms with Crippen molar-refractivity contribution in [1.29, 1.82) is 0 Å². The molecule has 0 bridgehead atoms. The van der Waals surface area contributed by atoms with Gasteiger partial charge in [0.15, 0.2) is 5.84 Å². The number of amides is 1. The fraction of sp³-hybridized carbons (Fsp3) is 0.833. The number of nitrogens with two attached hydrogens (primary N) is 1. The number of nitrogens with zero attached hydrogens (tertiary/aromatic N) is 1. The average molecular weight is 273 g/mol. The molecule has 18 heavy (non-hydrogen) atoms. The van der Waals surface area contributed by atoms with E-state index in [1.807, 2.05) is 6.26 Å². The van der Waals surface area contributed by atoms with E-state index in [4.69, 9.17) is 10.9 Å². The molecule has 0 aliphatic heterocycles. The fourth-order valence-electron chi connectivity index (χ4n) is 2.32. The molecule has 0 saturated heterocycles. The summed E-state index contributed by atoms with van der Waals surface area (Å²) in [6, 6.07) is 0. The first kappa shape index (κ1) is 15.1. The van der Waals surface area contributed by atoms with Gasteiger partial charge in [-0.15, -0.1) is 0 Å². The quantitative estimate of drug-likeness (QED) is 0.307. The van der Waals surface area contributed by atoms with Gasteiger partial charge in [0.2, 0.25) is 5.91 Å². The van der Waals surface area contributed by atoms with Gasteiger partial charge in [-0.05, 0) is 37.9 Å². The van der Waals surface area contributed by atoms with Crippen molar-refractivity contribution in [2.24, 2.45) is 16.8 Å². The van der Waals surface area contributed by atoms with E-state index in [0.717, 1.165) is 31.4 Å². The standard InChI is InChI=1S/C12H23N3O2S/c1-9-3-6-12(7-4-9,11(13)15-17)14-10(16)5-8-18-2/h9,17H,3-8H2,1-2H3,(H2,13,15)(H,14,16). The predicted molar refractivity (Wildman–Crippen MR) is 74.9 cm³/mol. The average Bonchev–Trinajstić information content (AvgIpc) is 2.38. The number of nitrogens with one attached hydrogen (secondary N) is 1. The summed E-state index contributed by atoms with van der Waals surface area (Å²) in [4.78, 5) is 11.9. The Morgan fingerprint density at radius 1 is 1.56 bits per heavy atom. The number of thioether (sulfide) groups is 1. The number of hydrogen-bond acceptors (Lipinski definition) is 4. The molecule has 5 nitrogen and oxygen atoms in total. The summed E-state index contributed by atoms with van der Waals surface area (Å²) in [5.41, 5.74) is 5.14. The second-order valence-corrected chi connectivity index (χ2v) is 6.03. The van der Waals surface area contributed by atoms with Crippen molar-refractivity contribution in [3.63, 3.8) is 0 Å². The second-order valence-electron chi connectivity index (χ2n) is 5.04. The molecule has 4 N–H and O–H groups in total. The Bertz CT molecular complexity index is 312. The zero-order valence-corrected chi connectivity index (χ0v) is 11.9. The van der Waals surface area contributed by atoms with Crippen LogP contribution in [0, 0.1) is 5.92 Å². The molecule has 0 aromatic rings. The van der Waals surface area contributed by atoms with Crippen LogP contribution >= 0.6 is 11.8 Å². The molecule has 0 aromatic carbocycles. The predicted octanol–water partition coefficient (Wildman–Crippen LogP) is 1.55. The first-order chi connectivity index (χ1) is 8.54. The Morgan fingerprint density at radius 3 is 2.67 bits per heavy atom. The maximum atomic E-state index is 11.9. The van der Waals surface area contributed by atoms with Gasteiger partial charge in [-0.2, -0.15) is 11.8 Å². The number of oxime groups is 1. The van der Waals surface area contributed by atoms with Crippen LogP contribution in [0.1, 0.15) is 39.0 Å². The van der Waals surface area contributed by atoms with Crippen LogP contribution in [0.25, 0.3) is 0 Å². The van der Waals surface area contributed by atoms with Crippen molar-refractivity contribution in [2.75, 3.05) is 12.0 Å². The topological polar surface area (TPSA) is 87.7 Å². The Labute approximate surface area is 113 Å². The van der Waals surface area contributed by atoms with Crippen LogP contribution < -0.4 is 11.1 Å². The number of carbonyl (C=O) groups is 1. The van der Waals surface area contributed by atoms with E-state index in [1.165, 1.54) is 0 Å². The lowest BCUT2D eigenvalue weighted by atomic mass is 9.76. The molecule has 1 saturated carbocycles. The normalized spacial score (nSPS) is 29.0. The van der Waals surface area contributed by atoms with Crippen LogP contribution in [0.15, 0.2) is 5.16 Å². The summed E-state index contributed by atoms with van der Waals surface area (Å²) in [6.45, 7) is 2.19. The van der Waals surface area contributed by atoms with Gasteiger partial charge in [-0.1, -0.05) is 12.1 Å². The lowest BCUT2D eigenvalue weighted by Gasteiger charge is -2.39. The number of amidine groups is 1. The largest absolute Gasteiger partial charge is 0.409 e. The smallest absolute Gasteiger partial charge is 0.221 e. The molecule has 104 valence electrons. The van der Waals surface area contributed by atoms with E-state index >= 15 is 0 Å². The van der Waals surface area contributed by atoms with Crippen molar-refractivity contribution in [3.8, 4) is 0 Å². The molecule has 0 heterocycles. The highest BCUT2D eigenvalue weighted by molar-refractivity contribution is 7.98. The zero-order chi connectivity index (χ0) is 13.6. The fourth-order valence-corrected chi connectivity index (χ4v) is 2.71. The van der Waals surface area contributed by atoms with Crippen molar-refractivity contribution >= 4 is 23.5 Å². The highest BCUT2D eigenvalue weighted by Crippen LogP contribution is 2.32. The Hall–Kier alpha value is -0.910. The van der Waals surface area contributed by atoms with Crippen LogP contribution in [-0.4, -0.2) is 34.5 Å². The minimum atomic E-state index is -0.642. The Balaban J connectivity index is 2.70. The van der Waals surface area contributed by atoms with E-state index in [9.17, 15) is 4.79 Å². The molecular weight excluding hydrogens is 250 g/mol. The molecule has 1 rings (SSSR count). The summed E-state index contributed by atoms with van der Waals surface area (Å²) in [5.74, 6) is 1.53. The molecule has 0 unspecified atom stereocenters. The first-order valence-corrected chi connectivity index (χ1v) is 7.71. The molecule has 1 fully saturated rings. The summed E-state index contributed by atoms with van der Waals surface area (Å²) in [7, 11) is 0. The molecule has 0 spiro atoms. The van der Waals surface area contributed by atoms with Crippen LogP contribution in [-0.2, 0) is 4.79 Å². The zero-order valence-electron chi connectivity index (χ0n) is 11.1. The van der Waals surface area contributed by atoms with Crippen LogP contribution in [0.5, 0.6) is 0 Å². The molecule has 0 atom stereocenters. The van der Waals surface area contributed by atoms with E-state index < -0.39 is 5.54 Å². The van der Waals surface area contributed by atoms with Crippen LogP contribution in [0.3, 0.4) is 0 Å². The maximum absolute atomic E-state index is 11.9. The first-order valence-electron chi connectivity index (χ1n) is 6.32. The van der Waals surface area contributed by atoms with E-state index in [-0.39, 0.29) is 11.7 Å². The third-order valence-electron chi connectivity index (χ3n) is 3.64. The lowest BCUT2D eigenvalue weighted by molar-refractivity contribution is -0.122. The van der Waals surface area contributed by atoms with Crippen LogP contribution in [0.2, 0.25) is 0 Å². The van der Waals surface area contributed by atoms with Gasteiger partial charge in [-0.25, -0.2) is 0 Å². The minimum Gasteiger partial charge on any atom is -0.409 e. The molecule has 6 heteroatoms. The third kappa shape index (κ3) is 3.80. The van der Waals surface area contributed by atoms with E-state index in [1.54, 1.807) is 11.8 Å². The van der Waals surface area contributed by atoms with Gasteiger partial charge in [0.1, 0.15) is 5.54 Å². The van der Waals surface area contributed by atoms with Gasteiger partial charge < -0.3 is 16.3 Å². The second kappa shape index (κ2) is 6.87. The summed E-state index contributed by atoms with van der Waals surface area (Å²) in [6.07, 6.45) is 5.90. The molecule has 1 amide bonds. The van der Waals surface area contributed by atoms with Gasteiger partial charge in [0.05, 0.1) is 0 Å². The van der Waals surface area contributed by atoms with Crippen molar-refractivity contribution < 1.29 is 10.0 Å². The van der Waals surface area contributed by atoms with Gasteiger partial charge in [-0.3, -0.25) is 4.79 Å². The van der Waals surface area contributed by atoms with E-state index in [0.29, 0.717) is 12.3 Å². The third-order valence-corrected chi connectivity index (χ3v) is 4.25. The number of rotatable bonds is 5. The van der Waals surface area contributed by atoms with Gasteiger partial charge >= 0.3 is 0 Å². The van der Waals surface area contributed by atoms with Crippen molar-refractivity contribution in [3.05, 3.63) is 0 Å². The number of carbonyl (C=O) groups excluding carboxylic acids is 1. The molecule has 1 aliphatic rings. The molecule has 0 aromatic heterocycles. The highest BCUT2D eigenvalue weighted by atomic mass is 32.2. The SMILES string of the molecule is CSCCC(=O)NC1(C(N)=NO)CCC(C)CC1. The summed E-state index contributed by atoms with van der Waals surface area (Å²) in [5, 5.41) is 15.0. The van der Waals surface area contributed by atoms with Crippen molar-refractivity contribution in [1.82, 2.24) is 5.32 Å². The van der Waals surface area contributed by atoms with Crippen LogP contribution in [0.4, 0.5) is 0 Å². The Morgan fingerprint density at radius 2 is 2.17 bits per heavy atom. The lowest BCUT2D eigenvalue weighted by Crippen LogP contribution is -2.59. The molecular formula is C12H23N3O2S. The summed E-state index contributed by atoms with van der Waals surface area (Å²) < 4.78 is 0. The number of hydrogen-bond donors (Lipinski definition) is 3. The van der Waals surface area contributed by atoms with Gasteiger partial charge in [0, 0.05) is 12.2 Å². The summed E-state index contributed by atoms with van der Waals surface area (Å²) >= 11 is 1.63. The molecule has 1 aliphatic carbocycles. The van der Waals surface area contributed by atoms with Gasteiger partial charge in [0.25, 0.3) is 0 Å². The Kier molecular flexibility index (Phi) is 5.78. The maximum Gasteiger partial charge on any atom is 0.221 e. The monoisotopic (exact) mass is 273 g/mol. The van der Waals surface area contributed by atoms with Crippen molar-refractivity contribution in [2.45, 2.75) is 44.6 Å². The minimum absolute atomic E-state index is 0.0227. The molecule has 0 radical (unpaired) electrons.